The van der Waals surface area contributed by atoms with Gasteiger partial charge in [0, 0.05) is 12.6 Å². The van der Waals surface area contributed by atoms with E-state index in [2.05, 4.69) is 84.6 Å². The van der Waals surface area contributed by atoms with E-state index in [4.69, 9.17) is 4.74 Å². The Labute approximate surface area is 161 Å². The highest BCUT2D eigenvalue weighted by Gasteiger charge is 2.35. The molecule has 3 aromatic carbocycles. The molecule has 5 rings (SSSR count). The number of ether oxygens (including phenoxy) is 1. The van der Waals surface area contributed by atoms with Crippen LogP contribution in [0.4, 0.5) is 0 Å². The monoisotopic (exact) mass is 355 g/mol. The second-order valence-corrected chi connectivity index (χ2v) is 7.79. The van der Waals surface area contributed by atoms with E-state index in [1.807, 2.05) is 0 Å². The highest BCUT2D eigenvalue weighted by Crippen LogP contribution is 2.37. The minimum Gasteiger partial charge on any atom is -0.378 e. The lowest BCUT2D eigenvalue weighted by atomic mass is 9.85. The molecule has 2 atom stereocenters. The molecule has 2 unspecified atom stereocenters. The molecule has 2 nitrogen and oxygen atoms in total. The third-order valence-corrected chi connectivity index (χ3v) is 6.01. The number of nitrogens with zero attached hydrogens (tertiary/aromatic N) is 1. The minimum atomic E-state index is 0.353. The van der Waals surface area contributed by atoms with Gasteiger partial charge in [0.15, 0.2) is 0 Å². The van der Waals surface area contributed by atoms with E-state index in [-0.39, 0.29) is 0 Å². The van der Waals surface area contributed by atoms with Crippen molar-refractivity contribution in [2.75, 3.05) is 13.2 Å². The average Bonchev–Trinajstić information content (AvgIpc) is 2.69. The van der Waals surface area contributed by atoms with Crippen molar-refractivity contribution in [3.8, 4) is 0 Å². The molecular formula is C25H25NO. The summed E-state index contributed by atoms with van der Waals surface area (Å²) in [6, 6.07) is 24.9. The van der Waals surface area contributed by atoms with Crippen LogP contribution < -0.4 is 0 Å². The van der Waals surface area contributed by atoms with E-state index in [0.29, 0.717) is 12.1 Å². The fourth-order valence-corrected chi connectivity index (χ4v) is 4.69. The summed E-state index contributed by atoms with van der Waals surface area (Å²) in [5.41, 5.74) is 5.68. The summed E-state index contributed by atoms with van der Waals surface area (Å²) in [4.78, 5) is 2.63. The molecular weight excluding hydrogens is 330 g/mol. The molecule has 0 N–H and O–H groups in total. The molecule has 0 saturated carbocycles. The maximum absolute atomic E-state index is 5.92. The van der Waals surface area contributed by atoms with Gasteiger partial charge in [0.1, 0.15) is 0 Å². The molecule has 2 heterocycles. The van der Waals surface area contributed by atoms with Gasteiger partial charge in [-0.25, -0.2) is 0 Å². The first-order chi connectivity index (χ1) is 13.3. The number of hydrogen-bond donors (Lipinski definition) is 0. The molecule has 0 radical (unpaired) electrons. The smallest absolute Gasteiger partial charge is 0.0658 e. The number of hydrogen-bond acceptors (Lipinski definition) is 2. The number of fused-ring (bicyclic) bond motifs is 3. The molecule has 0 amide bonds. The SMILES string of the molecule is Cc1ccc2ccccc2c1C1=CC2COCC(C1)N2Cc1ccccc1. The molecule has 136 valence electrons. The Balaban J connectivity index is 1.54. The van der Waals surface area contributed by atoms with Crippen LogP contribution in [0.1, 0.15) is 23.1 Å². The summed E-state index contributed by atoms with van der Waals surface area (Å²) in [7, 11) is 0. The summed E-state index contributed by atoms with van der Waals surface area (Å²) < 4.78 is 5.92. The van der Waals surface area contributed by atoms with Crippen LogP contribution in [0.3, 0.4) is 0 Å². The van der Waals surface area contributed by atoms with E-state index >= 15 is 0 Å². The summed E-state index contributed by atoms with van der Waals surface area (Å²) in [6.07, 6.45) is 3.52. The Hall–Kier alpha value is -2.42. The molecule has 1 saturated heterocycles. The third-order valence-electron chi connectivity index (χ3n) is 6.01. The van der Waals surface area contributed by atoms with Crippen LogP contribution in [0.2, 0.25) is 0 Å². The summed E-state index contributed by atoms with van der Waals surface area (Å²) in [5, 5.41) is 2.70. The van der Waals surface area contributed by atoms with Crippen molar-refractivity contribution in [1.29, 1.82) is 0 Å². The van der Waals surface area contributed by atoms with Crippen molar-refractivity contribution < 1.29 is 4.74 Å². The summed E-state index contributed by atoms with van der Waals surface area (Å²) in [6.45, 7) is 4.85. The van der Waals surface area contributed by atoms with Gasteiger partial charge in [-0.3, -0.25) is 4.90 Å². The number of aryl methyl sites for hydroxylation is 1. The zero-order chi connectivity index (χ0) is 18.2. The second-order valence-electron chi connectivity index (χ2n) is 7.79. The van der Waals surface area contributed by atoms with Crippen LogP contribution >= 0.6 is 0 Å². The Morgan fingerprint density at radius 1 is 0.926 bits per heavy atom. The first kappa shape index (κ1) is 16.7. The van der Waals surface area contributed by atoms with Crippen LogP contribution in [0.15, 0.2) is 72.8 Å². The van der Waals surface area contributed by atoms with Gasteiger partial charge in [0.25, 0.3) is 0 Å². The van der Waals surface area contributed by atoms with Crippen molar-refractivity contribution in [3.05, 3.63) is 89.5 Å². The van der Waals surface area contributed by atoms with E-state index < -0.39 is 0 Å². The standard InChI is InChI=1S/C25H25NO/c1-18-11-12-20-9-5-6-10-24(20)25(18)21-13-22-16-27-17-23(14-21)26(22)15-19-7-3-2-4-8-19/h2-13,22-23H,14-17H2,1H3. The Morgan fingerprint density at radius 2 is 1.74 bits per heavy atom. The largest absolute Gasteiger partial charge is 0.378 e. The molecule has 1 fully saturated rings. The van der Waals surface area contributed by atoms with Crippen LogP contribution in [-0.4, -0.2) is 30.2 Å². The van der Waals surface area contributed by atoms with E-state index in [1.165, 1.54) is 33.0 Å². The van der Waals surface area contributed by atoms with Gasteiger partial charge in [-0.15, -0.1) is 0 Å². The molecule has 3 aromatic rings. The van der Waals surface area contributed by atoms with Gasteiger partial charge in [-0.1, -0.05) is 72.8 Å². The Bertz CT molecular complexity index is 992. The van der Waals surface area contributed by atoms with Crippen LogP contribution in [0.25, 0.3) is 16.3 Å². The first-order valence-corrected chi connectivity index (χ1v) is 9.86. The van der Waals surface area contributed by atoms with Gasteiger partial charge in [-0.2, -0.15) is 0 Å². The maximum atomic E-state index is 5.92. The molecule has 0 spiro atoms. The lowest BCUT2D eigenvalue weighted by Gasteiger charge is -2.45. The van der Waals surface area contributed by atoms with Crippen molar-refractivity contribution in [3.63, 3.8) is 0 Å². The zero-order valence-electron chi connectivity index (χ0n) is 15.8. The molecule has 0 aromatic heterocycles. The number of morpholine rings is 1. The second kappa shape index (κ2) is 6.95. The molecule has 0 aliphatic carbocycles. The molecule has 2 aliphatic rings. The van der Waals surface area contributed by atoms with Crippen molar-refractivity contribution in [2.24, 2.45) is 0 Å². The van der Waals surface area contributed by atoms with Gasteiger partial charge < -0.3 is 4.74 Å². The average molecular weight is 355 g/mol. The quantitative estimate of drug-likeness (QED) is 0.640. The van der Waals surface area contributed by atoms with Crippen LogP contribution in [-0.2, 0) is 11.3 Å². The van der Waals surface area contributed by atoms with E-state index in [1.54, 1.807) is 0 Å². The molecule has 2 aliphatic heterocycles. The minimum absolute atomic E-state index is 0.353. The lowest BCUT2D eigenvalue weighted by Crippen LogP contribution is -2.53. The highest BCUT2D eigenvalue weighted by atomic mass is 16.5. The van der Waals surface area contributed by atoms with Crippen LogP contribution in [0, 0.1) is 6.92 Å². The molecule has 27 heavy (non-hydrogen) atoms. The fourth-order valence-electron chi connectivity index (χ4n) is 4.69. The van der Waals surface area contributed by atoms with Crippen LogP contribution in [0.5, 0.6) is 0 Å². The van der Waals surface area contributed by atoms with Gasteiger partial charge in [0.05, 0.1) is 19.3 Å². The summed E-state index contributed by atoms with van der Waals surface area (Å²) in [5.74, 6) is 0. The van der Waals surface area contributed by atoms with Gasteiger partial charge in [-0.05, 0) is 46.4 Å². The Morgan fingerprint density at radius 3 is 2.59 bits per heavy atom. The summed E-state index contributed by atoms with van der Waals surface area (Å²) >= 11 is 0. The van der Waals surface area contributed by atoms with E-state index in [0.717, 1.165) is 26.2 Å². The normalized spacial score (nSPS) is 22.6. The molecule has 2 heteroatoms. The predicted octanol–water partition coefficient (Wildman–Crippen LogP) is 5.20. The topological polar surface area (TPSA) is 12.5 Å². The fraction of sp³-hybridized carbons (Fsp3) is 0.280. The first-order valence-electron chi connectivity index (χ1n) is 9.86. The van der Waals surface area contributed by atoms with Crippen molar-refractivity contribution >= 4 is 16.3 Å². The number of rotatable bonds is 3. The maximum Gasteiger partial charge on any atom is 0.0658 e. The third kappa shape index (κ3) is 3.09. The highest BCUT2D eigenvalue weighted by molar-refractivity contribution is 5.95. The predicted molar refractivity (Wildman–Crippen MR) is 112 cm³/mol. The Kier molecular flexibility index (Phi) is 4.31. The zero-order valence-corrected chi connectivity index (χ0v) is 15.8. The van der Waals surface area contributed by atoms with Gasteiger partial charge in [0.2, 0.25) is 0 Å². The van der Waals surface area contributed by atoms with E-state index in [9.17, 15) is 0 Å². The lowest BCUT2D eigenvalue weighted by molar-refractivity contribution is -0.0402. The number of benzene rings is 3. The van der Waals surface area contributed by atoms with Crippen molar-refractivity contribution in [1.82, 2.24) is 4.90 Å². The molecule has 2 bridgehead atoms. The van der Waals surface area contributed by atoms with Crippen molar-refractivity contribution in [2.45, 2.75) is 32.0 Å². The van der Waals surface area contributed by atoms with Gasteiger partial charge >= 0.3 is 0 Å².